The van der Waals surface area contributed by atoms with Crippen molar-refractivity contribution in [3.63, 3.8) is 0 Å². The maximum Gasteiger partial charge on any atom is 0.210 e. The summed E-state index contributed by atoms with van der Waals surface area (Å²) in [7, 11) is 0. The topological polar surface area (TPSA) is 82.5 Å². The fourth-order valence-electron chi connectivity index (χ4n) is 6.03. The summed E-state index contributed by atoms with van der Waals surface area (Å²) in [4.78, 5) is 13.6. The van der Waals surface area contributed by atoms with Crippen molar-refractivity contribution >= 4 is 33.2 Å². The zero-order valence-corrected chi connectivity index (χ0v) is 30.5. The number of furan rings is 1. The van der Waals surface area contributed by atoms with E-state index < -0.39 is 12.7 Å². The van der Waals surface area contributed by atoms with Crippen molar-refractivity contribution in [2.24, 2.45) is 0 Å². The number of pyridine rings is 1. The van der Waals surface area contributed by atoms with E-state index in [1.807, 2.05) is 43.3 Å². The van der Waals surface area contributed by atoms with Crippen LogP contribution in [0.4, 0.5) is 4.39 Å². The van der Waals surface area contributed by atoms with Crippen LogP contribution < -0.4 is 0 Å². The molecule has 0 aliphatic rings. The van der Waals surface area contributed by atoms with Gasteiger partial charge in [-0.25, -0.2) is 4.98 Å². The average molecular weight is 842 g/mol. The molecule has 7 nitrogen and oxygen atoms in total. The Kier molecular flexibility index (Phi) is 8.90. The van der Waals surface area contributed by atoms with Crippen LogP contribution in [-0.2, 0) is 20.1 Å². The van der Waals surface area contributed by atoms with Crippen LogP contribution in [0.5, 0.6) is 0 Å². The molecule has 0 aliphatic heterocycles. The van der Waals surface area contributed by atoms with Gasteiger partial charge in [0.2, 0.25) is 5.65 Å². The van der Waals surface area contributed by atoms with Crippen molar-refractivity contribution in [1.29, 1.82) is 0 Å². The SMILES string of the molecule is CC(C)c1cccc(C(C)C)c1-n1c(-c2[c-]ccc3c2oc2ccccc23)nc2nncnc21.[2H]C([2H])([2H])c1c[c-]c(-c2ccc(C)cn2)c(F)c1.[Ir]. The fraction of sp³-hybridized carbons (Fsp3) is 0.195. The normalized spacial score (nSPS) is 12.4. The molecular weight excluding hydrogens is 804 g/mol. The summed E-state index contributed by atoms with van der Waals surface area (Å²) in [5.41, 5.74) is 8.60. The molecule has 50 heavy (non-hydrogen) atoms. The minimum Gasteiger partial charge on any atom is -0.501 e. The molecule has 0 N–H and O–H groups in total. The molecule has 0 aliphatic carbocycles. The predicted octanol–water partition coefficient (Wildman–Crippen LogP) is 10.1. The zero-order chi connectivity index (χ0) is 36.7. The Balaban J connectivity index is 0.000000215. The van der Waals surface area contributed by atoms with Gasteiger partial charge in [0.1, 0.15) is 11.9 Å². The van der Waals surface area contributed by atoms with Crippen LogP contribution in [0, 0.1) is 31.7 Å². The number of fused-ring (bicyclic) bond motifs is 4. The second-order valence-corrected chi connectivity index (χ2v) is 12.5. The van der Waals surface area contributed by atoms with Gasteiger partial charge in [-0.2, -0.15) is 0 Å². The third kappa shape index (κ3) is 6.47. The van der Waals surface area contributed by atoms with Crippen LogP contribution >= 0.6 is 0 Å². The molecule has 4 heterocycles. The number of imidazole rings is 1. The molecule has 4 aromatic heterocycles. The number of halogens is 1. The standard InChI is InChI=1S/C28H24N5O.C13H11FN.Ir/c1-16(2)18-10-7-11-19(17(3)4)24(18)33-27(31-26-28(33)29-15-30-32-26)22-13-8-12-21-20-9-5-6-14-23(20)34-25(21)22;1-9-3-5-11(12(14)7-9)13-6-4-10(2)8-15-13;/h5-12,14-17H,1-4H3;3-4,6-8H,1-2H3;/q2*-1;/i;1D3;. The molecule has 0 saturated heterocycles. The third-order valence-electron chi connectivity index (χ3n) is 8.41. The second kappa shape index (κ2) is 14.4. The molecule has 0 amide bonds. The average Bonchev–Trinajstić information content (AvgIpc) is 3.70. The van der Waals surface area contributed by atoms with E-state index in [0.29, 0.717) is 34.6 Å². The van der Waals surface area contributed by atoms with E-state index in [0.717, 1.165) is 44.8 Å². The summed E-state index contributed by atoms with van der Waals surface area (Å²) < 4.78 is 43.9. The number of hydrogen-bond acceptors (Lipinski definition) is 6. The van der Waals surface area contributed by atoms with E-state index in [1.54, 1.807) is 12.3 Å². The van der Waals surface area contributed by atoms with Gasteiger partial charge in [0.05, 0.1) is 11.4 Å². The maximum atomic E-state index is 13.8. The molecule has 8 rings (SSSR count). The number of hydrogen-bond donors (Lipinski definition) is 0. The molecule has 0 fully saturated rings. The van der Waals surface area contributed by atoms with Crippen LogP contribution in [0.15, 0.2) is 95.8 Å². The first-order valence-electron chi connectivity index (χ1n) is 17.6. The van der Waals surface area contributed by atoms with E-state index in [2.05, 4.69) is 88.8 Å². The summed E-state index contributed by atoms with van der Waals surface area (Å²) in [6.07, 6.45) is 3.10. The van der Waals surface area contributed by atoms with Crippen LogP contribution in [0.3, 0.4) is 0 Å². The molecule has 9 heteroatoms. The van der Waals surface area contributed by atoms with E-state index >= 15 is 0 Å². The van der Waals surface area contributed by atoms with Crippen LogP contribution in [0.1, 0.15) is 65.9 Å². The second-order valence-electron chi connectivity index (χ2n) is 12.5. The van der Waals surface area contributed by atoms with Crippen LogP contribution in [-0.4, -0.2) is 29.7 Å². The van der Waals surface area contributed by atoms with Crippen molar-refractivity contribution in [3.05, 3.63) is 132 Å². The molecule has 0 atom stereocenters. The molecule has 8 aromatic rings. The van der Waals surface area contributed by atoms with Crippen molar-refractivity contribution in [2.45, 2.75) is 53.3 Å². The van der Waals surface area contributed by atoms with Crippen molar-refractivity contribution in [2.75, 3.05) is 0 Å². The summed E-state index contributed by atoms with van der Waals surface area (Å²) in [5.74, 6) is 0.683. The minimum absolute atomic E-state index is 0. The number of aromatic nitrogens is 6. The molecule has 4 aromatic carbocycles. The van der Waals surface area contributed by atoms with Gasteiger partial charge in [0, 0.05) is 47.3 Å². The Morgan fingerprint density at radius 3 is 2.34 bits per heavy atom. The van der Waals surface area contributed by atoms with Gasteiger partial charge in [-0.1, -0.05) is 99.6 Å². The third-order valence-corrected chi connectivity index (χ3v) is 8.41. The van der Waals surface area contributed by atoms with Gasteiger partial charge in [0.25, 0.3) is 0 Å². The molecule has 0 spiro atoms. The van der Waals surface area contributed by atoms with Crippen LogP contribution in [0.2, 0.25) is 0 Å². The number of benzene rings is 4. The predicted molar refractivity (Wildman–Crippen MR) is 192 cm³/mol. The number of rotatable bonds is 5. The number of nitrogens with zero attached hydrogens (tertiary/aromatic N) is 6. The van der Waals surface area contributed by atoms with Crippen molar-refractivity contribution in [1.82, 2.24) is 29.7 Å². The van der Waals surface area contributed by atoms with Gasteiger partial charge >= 0.3 is 0 Å². The van der Waals surface area contributed by atoms with Gasteiger partial charge in [-0.15, -0.1) is 52.2 Å². The van der Waals surface area contributed by atoms with E-state index in [4.69, 9.17) is 13.5 Å². The van der Waals surface area contributed by atoms with Gasteiger partial charge in [0.15, 0.2) is 5.65 Å². The minimum atomic E-state index is -2.32. The Hall–Kier alpha value is -5.11. The van der Waals surface area contributed by atoms with Gasteiger partial charge < -0.3 is 14.0 Å². The largest absolute Gasteiger partial charge is 0.501 e. The monoisotopic (exact) mass is 842 g/mol. The smallest absolute Gasteiger partial charge is 0.210 e. The van der Waals surface area contributed by atoms with E-state index in [-0.39, 0.29) is 31.2 Å². The van der Waals surface area contributed by atoms with Gasteiger partial charge in [-0.05, 0) is 47.2 Å². The fourth-order valence-corrected chi connectivity index (χ4v) is 6.03. The summed E-state index contributed by atoms with van der Waals surface area (Å²) in [5, 5.41) is 10.4. The zero-order valence-electron chi connectivity index (χ0n) is 31.1. The molecule has 0 saturated carbocycles. The Labute approximate surface area is 308 Å². The van der Waals surface area contributed by atoms with Crippen molar-refractivity contribution < 1.29 is 33.0 Å². The van der Waals surface area contributed by atoms with Gasteiger partial charge in [-0.3, -0.25) is 9.37 Å². The van der Waals surface area contributed by atoms with Crippen LogP contribution in [0.25, 0.3) is 61.6 Å². The molecule has 0 bridgehead atoms. The quantitative estimate of drug-likeness (QED) is 0.161. The Bertz CT molecular complexity index is 2540. The number of para-hydroxylation sites is 2. The summed E-state index contributed by atoms with van der Waals surface area (Å²) in [6, 6.07) is 30.4. The summed E-state index contributed by atoms with van der Waals surface area (Å²) >= 11 is 0. The van der Waals surface area contributed by atoms with E-state index in [9.17, 15) is 4.39 Å². The first-order chi connectivity index (χ1) is 24.9. The first kappa shape index (κ1) is 30.9. The summed E-state index contributed by atoms with van der Waals surface area (Å²) in [6.45, 7) is 8.40. The van der Waals surface area contributed by atoms with E-state index in [1.165, 1.54) is 23.5 Å². The number of aryl methyl sites for hydroxylation is 2. The van der Waals surface area contributed by atoms with Crippen molar-refractivity contribution in [3.8, 4) is 28.3 Å². The first-order valence-corrected chi connectivity index (χ1v) is 16.1. The Morgan fingerprint density at radius 2 is 1.64 bits per heavy atom. The Morgan fingerprint density at radius 1 is 0.860 bits per heavy atom. The maximum absolute atomic E-state index is 13.8. The molecule has 0 unspecified atom stereocenters. The molecule has 1 radical (unpaired) electrons. The molecular formula is C41H35FIrN6O-2. The molecule has 253 valence electrons.